The van der Waals surface area contributed by atoms with Crippen LogP contribution < -0.4 is 0 Å². The van der Waals surface area contributed by atoms with Crippen molar-refractivity contribution >= 4 is 5.78 Å². The number of carbonyl (C=O) groups is 1. The molecule has 1 heterocycles. The van der Waals surface area contributed by atoms with Gasteiger partial charge < -0.3 is 19.7 Å². The summed E-state index contributed by atoms with van der Waals surface area (Å²) < 4.78 is 12.2. The molecule has 1 aliphatic heterocycles. The van der Waals surface area contributed by atoms with Gasteiger partial charge in [0.25, 0.3) is 0 Å². The highest BCUT2D eigenvalue weighted by molar-refractivity contribution is 5.91. The zero-order valence-electron chi connectivity index (χ0n) is 18.9. The number of allylic oxidation sites excluding steroid dienone is 3. The molecule has 0 bridgehead atoms. The van der Waals surface area contributed by atoms with Crippen LogP contribution in [0.4, 0.5) is 0 Å². The van der Waals surface area contributed by atoms with Crippen molar-refractivity contribution in [2.75, 3.05) is 6.61 Å². The van der Waals surface area contributed by atoms with E-state index < -0.39 is 30.0 Å². The molecule has 5 nitrogen and oxygen atoms in total. The highest BCUT2D eigenvalue weighted by atomic mass is 16.7. The van der Waals surface area contributed by atoms with Crippen LogP contribution in [0.15, 0.2) is 29.5 Å². The van der Waals surface area contributed by atoms with Crippen LogP contribution in [0, 0.1) is 28.6 Å². The number of fused-ring (bicyclic) bond motifs is 7. The maximum atomic E-state index is 13.0. The van der Waals surface area contributed by atoms with Gasteiger partial charge in [0.15, 0.2) is 17.7 Å². The van der Waals surface area contributed by atoms with Gasteiger partial charge in [-0.15, -0.1) is 5.73 Å². The van der Waals surface area contributed by atoms with Crippen LogP contribution in [-0.2, 0) is 14.3 Å². The molecule has 0 aromatic heterocycles. The Balaban J connectivity index is 0.00000106. The fourth-order valence-electron chi connectivity index (χ4n) is 7.76. The van der Waals surface area contributed by atoms with Crippen LogP contribution in [0.1, 0.15) is 60.3 Å². The first-order valence-electron chi connectivity index (χ1n) is 11.6. The lowest BCUT2D eigenvalue weighted by Crippen LogP contribution is -2.63. The van der Waals surface area contributed by atoms with Gasteiger partial charge in [-0.05, 0) is 56.6 Å². The van der Waals surface area contributed by atoms with E-state index in [1.54, 1.807) is 0 Å². The molecule has 0 radical (unpaired) electrons. The van der Waals surface area contributed by atoms with Crippen LogP contribution in [0.2, 0.25) is 0 Å². The Morgan fingerprint density at radius 3 is 2.77 bits per heavy atom. The van der Waals surface area contributed by atoms with Crippen LogP contribution in [0.3, 0.4) is 0 Å². The van der Waals surface area contributed by atoms with E-state index in [1.165, 1.54) is 5.57 Å². The van der Waals surface area contributed by atoms with Gasteiger partial charge in [-0.2, -0.15) is 0 Å². The molecule has 0 amide bonds. The van der Waals surface area contributed by atoms with Crippen molar-refractivity contribution < 1.29 is 24.5 Å². The molecule has 4 fully saturated rings. The smallest absolute Gasteiger partial charge is 0.193 e. The van der Waals surface area contributed by atoms with Crippen molar-refractivity contribution in [3.8, 4) is 0 Å². The molecule has 30 heavy (non-hydrogen) atoms. The van der Waals surface area contributed by atoms with Crippen molar-refractivity contribution in [1.82, 2.24) is 0 Å². The van der Waals surface area contributed by atoms with Crippen LogP contribution in [-0.4, -0.2) is 46.7 Å². The molecule has 5 aliphatic rings. The largest absolute Gasteiger partial charge is 0.393 e. The van der Waals surface area contributed by atoms with Gasteiger partial charge in [-0.25, -0.2) is 0 Å². The average molecular weight is 417 g/mol. The van der Waals surface area contributed by atoms with Gasteiger partial charge in [-0.1, -0.05) is 39.3 Å². The Bertz CT molecular complexity index is 810. The summed E-state index contributed by atoms with van der Waals surface area (Å²) in [6, 6.07) is 0. The van der Waals surface area contributed by atoms with Gasteiger partial charge in [0.2, 0.25) is 0 Å². The number of carbonyl (C=O) groups excluding carboxylic acids is 1. The molecule has 1 unspecified atom stereocenters. The molecule has 5 heteroatoms. The summed E-state index contributed by atoms with van der Waals surface area (Å²) in [5, 5.41) is 21.2. The number of hydrogen-bond donors (Lipinski definition) is 2. The Morgan fingerprint density at radius 2 is 2.07 bits per heavy atom. The summed E-state index contributed by atoms with van der Waals surface area (Å²) in [6.07, 6.45) is 8.11. The minimum Gasteiger partial charge on any atom is -0.393 e. The van der Waals surface area contributed by atoms with E-state index in [0.717, 1.165) is 19.3 Å². The standard InChI is InChI=1S/C23H30O5.C2H6/c1-13-27-19-10-16-15-8-7-14-6-4-5-9-21(14,2)20(15)17(25)11-22(16,3)23(19,28-13)18(26)12-24;1-2/h4,6,9,13,15-17,19-20,24-25H,7-8,10-12H2,1-3H3;1-2H3/t13?,15-,16-,17-,19+,20+,21-,22-,23+;/m0./s1. The molecule has 9 atom stereocenters. The Morgan fingerprint density at radius 1 is 1.33 bits per heavy atom. The van der Waals surface area contributed by atoms with E-state index in [-0.39, 0.29) is 35.1 Å². The summed E-state index contributed by atoms with van der Waals surface area (Å²) in [5.74, 6) is 0.292. The Kier molecular flexibility index (Phi) is 5.44. The molecule has 5 rings (SSSR count). The number of ether oxygens (including phenoxy) is 2. The fraction of sp³-hybridized carbons (Fsp3) is 0.760. The third kappa shape index (κ3) is 2.59. The van der Waals surface area contributed by atoms with E-state index in [9.17, 15) is 15.0 Å². The van der Waals surface area contributed by atoms with E-state index in [4.69, 9.17) is 9.47 Å². The van der Waals surface area contributed by atoms with Crippen LogP contribution in [0.5, 0.6) is 0 Å². The summed E-state index contributed by atoms with van der Waals surface area (Å²) >= 11 is 0. The molecular weight excluding hydrogens is 380 g/mol. The minimum absolute atomic E-state index is 0.101. The summed E-state index contributed by atoms with van der Waals surface area (Å²) in [4.78, 5) is 13.0. The normalized spacial score (nSPS) is 50.4. The third-order valence-corrected chi connectivity index (χ3v) is 8.77. The van der Waals surface area contributed by atoms with E-state index in [2.05, 4.69) is 31.7 Å². The maximum absolute atomic E-state index is 13.0. The summed E-state index contributed by atoms with van der Waals surface area (Å²) in [7, 11) is 0. The predicted molar refractivity (Wildman–Crippen MR) is 113 cm³/mol. The second-order valence-electron chi connectivity index (χ2n) is 9.84. The zero-order chi connectivity index (χ0) is 21.9. The van der Waals surface area contributed by atoms with Gasteiger partial charge in [0.05, 0.1) is 12.2 Å². The second-order valence-corrected chi connectivity index (χ2v) is 9.84. The molecule has 0 aromatic carbocycles. The number of ketones is 1. The lowest BCUT2D eigenvalue weighted by atomic mass is 9.46. The molecule has 0 aromatic rings. The van der Waals surface area contributed by atoms with E-state index >= 15 is 0 Å². The topological polar surface area (TPSA) is 76.0 Å². The average Bonchev–Trinajstić information content (AvgIpc) is 3.18. The van der Waals surface area contributed by atoms with Gasteiger partial charge in [-0.3, -0.25) is 4.79 Å². The number of Topliss-reactive ketones (excluding diaryl/α,β-unsaturated/α-hetero) is 1. The second kappa shape index (κ2) is 7.43. The first-order chi connectivity index (χ1) is 14.3. The van der Waals surface area contributed by atoms with Gasteiger partial charge in [0.1, 0.15) is 6.61 Å². The predicted octanol–water partition coefficient (Wildman–Crippen LogP) is 3.55. The number of aliphatic hydroxyl groups is 2. The van der Waals surface area contributed by atoms with E-state index in [1.807, 2.05) is 26.8 Å². The number of aliphatic hydroxyl groups excluding tert-OH is 2. The lowest BCUT2D eigenvalue weighted by molar-refractivity contribution is -0.196. The molecule has 1 saturated heterocycles. The molecule has 166 valence electrons. The lowest BCUT2D eigenvalue weighted by Gasteiger charge is -2.59. The van der Waals surface area contributed by atoms with Gasteiger partial charge in [0, 0.05) is 16.7 Å². The number of rotatable bonds is 2. The SMILES string of the molecule is CC.CC1O[C@@H]2C[C@H]3[C@@H]4CCC5=CC=C=C[C@]5(C)[C@H]4[C@@H](O)C[C@]3(C)[C@]2(C(=O)CO)O1. The third-order valence-electron chi connectivity index (χ3n) is 8.77. The minimum atomic E-state index is -1.16. The van der Waals surface area contributed by atoms with Crippen molar-refractivity contribution in [3.63, 3.8) is 0 Å². The Hall–Kier alpha value is -1.23. The monoisotopic (exact) mass is 416 g/mol. The Labute approximate surface area is 179 Å². The fourth-order valence-corrected chi connectivity index (χ4v) is 7.76. The molecule has 3 saturated carbocycles. The van der Waals surface area contributed by atoms with Gasteiger partial charge >= 0.3 is 0 Å². The first-order valence-corrected chi connectivity index (χ1v) is 11.6. The molecule has 4 aliphatic carbocycles. The zero-order valence-corrected chi connectivity index (χ0v) is 18.9. The molecular formula is C25H36O5. The van der Waals surface area contributed by atoms with Crippen LogP contribution >= 0.6 is 0 Å². The highest BCUT2D eigenvalue weighted by Gasteiger charge is 2.75. The van der Waals surface area contributed by atoms with Crippen molar-refractivity contribution in [3.05, 3.63) is 29.5 Å². The first kappa shape index (κ1) is 22.0. The van der Waals surface area contributed by atoms with Crippen molar-refractivity contribution in [1.29, 1.82) is 0 Å². The number of hydrogen-bond acceptors (Lipinski definition) is 5. The van der Waals surface area contributed by atoms with Crippen molar-refractivity contribution in [2.24, 2.45) is 28.6 Å². The summed E-state index contributed by atoms with van der Waals surface area (Å²) in [5.41, 5.74) is 2.73. The maximum Gasteiger partial charge on any atom is 0.193 e. The molecule has 0 spiro atoms. The quantitative estimate of drug-likeness (QED) is 0.674. The highest BCUT2D eigenvalue weighted by Crippen LogP contribution is 2.69. The van der Waals surface area contributed by atoms with E-state index in [0.29, 0.717) is 6.42 Å². The van der Waals surface area contributed by atoms with Crippen LogP contribution in [0.25, 0.3) is 0 Å². The van der Waals surface area contributed by atoms with Crippen molar-refractivity contribution in [2.45, 2.75) is 84.4 Å². The summed E-state index contributed by atoms with van der Waals surface area (Å²) in [6.45, 7) is 9.55. The molecule has 2 N–H and O–H groups in total.